The minimum absolute atomic E-state index is 0.121. The van der Waals surface area contributed by atoms with Crippen molar-refractivity contribution >= 4 is 27.5 Å². The van der Waals surface area contributed by atoms with Crippen molar-refractivity contribution in [2.24, 2.45) is 0 Å². The minimum Gasteiger partial charge on any atom is -0.382 e. The number of benzene rings is 1. The lowest BCUT2D eigenvalue weighted by molar-refractivity contribution is -0.129. The first-order valence-electron chi connectivity index (χ1n) is 11.1. The lowest BCUT2D eigenvalue weighted by atomic mass is 9.97. The number of carbonyl (C=O) groups is 1. The molecule has 2 N–H and O–H groups in total. The van der Waals surface area contributed by atoms with Crippen LogP contribution in [0.5, 0.6) is 0 Å². The maximum absolute atomic E-state index is 13.3. The van der Waals surface area contributed by atoms with E-state index in [0.717, 1.165) is 55.0 Å². The van der Waals surface area contributed by atoms with Gasteiger partial charge in [0.15, 0.2) is 0 Å². The van der Waals surface area contributed by atoms with E-state index in [1.807, 2.05) is 17.0 Å². The monoisotopic (exact) mass is 432 g/mol. The van der Waals surface area contributed by atoms with Gasteiger partial charge < -0.3 is 15.5 Å². The Morgan fingerprint density at radius 1 is 1.35 bits per heavy atom. The molecule has 1 aromatic heterocycles. The van der Waals surface area contributed by atoms with Crippen LogP contribution < -0.4 is 10.6 Å². The molecule has 2 aromatic rings. The van der Waals surface area contributed by atoms with E-state index in [9.17, 15) is 4.79 Å². The summed E-state index contributed by atoms with van der Waals surface area (Å²) >= 11 is 1.74. The molecule has 1 aromatic carbocycles. The van der Waals surface area contributed by atoms with Crippen LogP contribution in [-0.2, 0) is 11.3 Å². The molecule has 0 bridgehead atoms. The lowest BCUT2D eigenvalue weighted by Gasteiger charge is -2.34. The average Bonchev–Trinajstić information content (AvgIpc) is 3.42. The number of rotatable bonds is 6. The number of hydrogen-bond donors (Lipinski definition) is 2. The van der Waals surface area contributed by atoms with Gasteiger partial charge in [0.2, 0.25) is 0 Å². The van der Waals surface area contributed by atoms with E-state index in [1.54, 1.807) is 11.3 Å². The van der Waals surface area contributed by atoms with Crippen LogP contribution in [0.4, 0.5) is 0 Å². The van der Waals surface area contributed by atoms with Gasteiger partial charge in [-0.25, -0.2) is 4.98 Å². The summed E-state index contributed by atoms with van der Waals surface area (Å²) in [7, 11) is 0. The summed E-state index contributed by atoms with van der Waals surface area (Å²) in [5.74, 6) is 0.121. The fourth-order valence-corrected chi connectivity index (χ4v) is 5.57. The van der Waals surface area contributed by atoms with Gasteiger partial charge in [0, 0.05) is 24.7 Å². The zero-order chi connectivity index (χ0) is 21.2. The number of thiazole rings is 1. The molecule has 0 radical (unpaired) electrons. The smallest absolute Gasteiger partial charge is 0.270 e. The predicted octanol–water partition coefficient (Wildman–Crippen LogP) is 4.41. The summed E-state index contributed by atoms with van der Waals surface area (Å²) in [5.41, 5.74) is 4.23. The largest absolute Gasteiger partial charge is 0.382 e. The number of fused-ring (bicyclic) bond motifs is 2. The second-order valence-corrected chi connectivity index (χ2v) is 9.39. The number of aromatic nitrogens is 1. The van der Waals surface area contributed by atoms with E-state index < -0.39 is 0 Å². The van der Waals surface area contributed by atoms with Gasteiger partial charge in [0.1, 0.15) is 10.7 Å². The van der Waals surface area contributed by atoms with Crippen molar-refractivity contribution in [3.8, 4) is 0 Å². The third-order valence-electron chi connectivity index (χ3n) is 6.26. The molecule has 2 aliphatic carbocycles. The minimum atomic E-state index is 0.121. The van der Waals surface area contributed by atoms with E-state index in [0.29, 0.717) is 0 Å². The third-order valence-corrected chi connectivity index (χ3v) is 7.30. The molecule has 3 aliphatic rings. The van der Waals surface area contributed by atoms with E-state index in [4.69, 9.17) is 4.98 Å². The second-order valence-electron chi connectivity index (χ2n) is 8.27. The topological polar surface area (TPSA) is 57.3 Å². The molecule has 1 unspecified atom stereocenters. The van der Waals surface area contributed by atoms with Gasteiger partial charge in [-0.05, 0) is 50.0 Å². The van der Waals surface area contributed by atoms with Crippen molar-refractivity contribution in [1.29, 1.82) is 0 Å². The molecule has 0 spiro atoms. The third kappa shape index (κ3) is 4.17. The summed E-state index contributed by atoms with van der Waals surface area (Å²) in [6.07, 6.45) is 14.4. The highest BCUT2D eigenvalue weighted by Crippen LogP contribution is 2.28. The molecule has 2 atom stereocenters. The highest BCUT2D eigenvalue weighted by Gasteiger charge is 2.31. The molecule has 31 heavy (non-hydrogen) atoms. The number of likely N-dealkylation sites (N-methyl/N-ethyl adjacent to an activating group) is 1. The zero-order valence-corrected chi connectivity index (χ0v) is 18.6. The normalized spacial score (nSPS) is 22.3. The fourth-order valence-electron chi connectivity index (χ4n) is 4.66. The van der Waals surface area contributed by atoms with Crippen LogP contribution >= 0.6 is 11.3 Å². The summed E-state index contributed by atoms with van der Waals surface area (Å²) in [6, 6.07) is 8.73. The summed E-state index contributed by atoms with van der Waals surface area (Å²) in [6.45, 7) is 3.52. The van der Waals surface area contributed by atoms with Crippen LogP contribution in [0.3, 0.4) is 0 Å². The molecule has 2 heterocycles. The van der Waals surface area contributed by atoms with Gasteiger partial charge in [-0.15, -0.1) is 11.3 Å². The summed E-state index contributed by atoms with van der Waals surface area (Å²) in [4.78, 5) is 20.1. The standard InChI is InChI=1S/C25H28N4OS/c1-2-29(25(30)22-14-17-8-3-4-11-20(17)27-22)19-10-7-9-18(15-19)26-16-24-28-21-12-5-6-13-23(21)31-24/h3-6,8-9,12-14,19-20,26-27H,2,7,10-11,15-16H2,1H3/t19-,20?/m0/s1. The molecule has 1 aliphatic heterocycles. The maximum Gasteiger partial charge on any atom is 0.270 e. The van der Waals surface area contributed by atoms with Crippen LogP contribution in [0, 0.1) is 0 Å². The SMILES string of the molecule is CCN(C(=O)C1=CC2=CC=CCC2N1)[C@H]1CCC=C(NCc2nc3ccccc3s2)C1. The van der Waals surface area contributed by atoms with Gasteiger partial charge in [0.25, 0.3) is 5.91 Å². The Balaban J connectivity index is 1.22. The number of para-hydroxylation sites is 1. The Hall–Kier alpha value is -2.86. The molecule has 1 amide bonds. The zero-order valence-electron chi connectivity index (χ0n) is 17.8. The molecule has 5 rings (SSSR count). The Bertz CT molecular complexity index is 1080. The van der Waals surface area contributed by atoms with Crippen molar-refractivity contribution in [2.75, 3.05) is 6.54 Å². The van der Waals surface area contributed by atoms with Crippen molar-refractivity contribution < 1.29 is 4.79 Å². The Kier molecular flexibility index (Phi) is 5.64. The number of amides is 1. The van der Waals surface area contributed by atoms with E-state index >= 15 is 0 Å². The number of hydrogen-bond acceptors (Lipinski definition) is 5. The lowest BCUT2D eigenvalue weighted by Crippen LogP contribution is -2.45. The van der Waals surface area contributed by atoms with E-state index in [1.165, 1.54) is 16.0 Å². The number of carbonyl (C=O) groups excluding carboxylic acids is 1. The average molecular weight is 433 g/mol. The van der Waals surface area contributed by atoms with Crippen molar-refractivity contribution in [1.82, 2.24) is 20.5 Å². The van der Waals surface area contributed by atoms with Crippen molar-refractivity contribution in [2.45, 2.75) is 51.2 Å². The predicted molar refractivity (Wildman–Crippen MR) is 126 cm³/mol. The highest BCUT2D eigenvalue weighted by molar-refractivity contribution is 7.18. The number of allylic oxidation sites excluding steroid dienone is 3. The van der Waals surface area contributed by atoms with Crippen LogP contribution in [0.2, 0.25) is 0 Å². The maximum atomic E-state index is 13.3. The van der Waals surface area contributed by atoms with E-state index in [-0.39, 0.29) is 18.0 Å². The Morgan fingerprint density at radius 3 is 3.10 bits per heavy atom. The van der Waals surface area contributed by atoms with Gasteiger partial charge in [-0.2, -0.15) is 0 Å². The first kappa shape index (κ1) is 20.1. The number of nitrogens with one attached hydrogen (secondary N) is 2. The van der Waals surface area contributed by atoms with Gasteiger partial charge >= 0.3 is 0 Å². The Morgan fingerprint density at radius 2 is 2.26 bits per heavy atom. The van der Waals surface area contributed by atoms with Crippen molar-refractivity contribution in [3.05, 3.63) is 76.6 Å². The van der Waals surface area contributed by atoms with Crippen LogP contribution in [0.25, 0.3) is 10.2 Å². The molecule has 0 fully saturated rings. The molecular weight excluding hydrogens is 404 g/mol. The molecule has 0 saturated carbocycles. The van der Waals surface area contributed by atoms with Crippen LogP contribution in [0.15, 0.2) is 71.6 Å². The molecule has 6 heteroatoms. The first-order valence-corrected chi connectivity index (χ1v) is 12.0. The van der Waals surface area contributed by atoms with Crippen molar-refractivity contribution in [3.63, 3.8) is 0 Å². The highest BCUT2D eigenvalue weighted by atomic mass is 32.1. The van der Waals surface area contributed by atoms with Gasteiger partial charge in [-0.1, -0.05) is 36.4 Å². The van der Waals surface area contributed by atoms with Crippen LogP contribution in [0.1, 0.15) is 37.6 Å². The second kappa shape index (κ2) is 8.71. The summed E-state index contributed by atoms with van der Waals surface area (Å²) < 4.78 is 1.22. The molecular formula is C25H28N4OS. The van der Waals surface area contributed by atoms with Gasteiger partial charge in [0.05, 0.1) is 22.8 Å². The molecule has 160 valence electrons. The number of nitrogens with zero attached hydrogens (tertiary/aromatic N) is 2. The first-order chi connectivity index (χ1) is 15.2. The van der Waals surface area contributed by atoms with Gasteiger partial charge in [-0.3, -0.25) is 4.79 Å². The van der Waals surface area contributed by atoms with Crippen LogP contribution in [-0.4, -0.2) is 34.4 Å². The summed E-state index contributed by atoms with van der Waals surface area (Å²) in [5, 5.41) is 8.11. The molecule has 5 nitrogen and oxygen atoms in total. The van der Waals surface area contributed by atoms with E-state index in [2.05, 4.69) is 60.1 Å². The fraction of sp³-hybridized carbons (Fsp3) is 0.360. The Labute approximate surface area is 187 Å². The molecule has 0 saturated heterocycles. The quantitative estimate of drug-likeness (QED) is 0.710.